The average molecular weight is 341 g/mol. The minimum Gasteiger partial charge on any atom is -0.496 e. The lowest BCUT2D eigenvalue weighted by Crippen LogP contribution is -2.23. The van der Waals surface area contributed by atoms with Gasteiger partial charge in [0.1, 0.15) is 5.75 Å². The van der Waals surface area contributed by atoms with Crippen molar-refractivity contribution in [2.75, 3.05) is 19.4 Å². The fourth-order valence-electron chi connectivity index (χ4n) is 2.15. The molecule has 0 aliphatic rings. The summed E-state index contributed by atoms with van der Waals surface area (Å²) in [7, 11) is 1.62. The number of ether oxygens (including phenoxy) is 1. The van der Waals surface area contributed by atoms with Crippen LogP contribution in [0.5, 0.6) is 5.75 Å². The van der Waals surface area contributed by atoms with Gasteiger partial charge < -0.3 is 10.1 Å². The predicted molar refractivity (Wildman–Crippen MR) is 102 cm³/mol. The molecule has 0 radical (unpaired) electrons. The number of carbonyl (C=O) groups excluding carboxylic acids is 1. The lowest BCUT2D eigenvalue weighted by Gasteiger charge is -2.05. The molecular formula is C20H23NO2S. The molecule has 2 rings (SSSR count). The van der Waals surface area contributed by atoms with Gasteiger partial charge in [-0.1, -0.05) is 48.0 Å². The number of para-hydroxylation sites is 1. The van der Waals surface area contributed by atoms with E-state index in [-0.39, 0.29) is 5.91 Å². The third-order valence-electron chi connectivity index (χ3n) is 3.49. The first-order valence-corrected chi connectivity index (χ1v) is 9.07. The van der Waals surface area contributed by atoms with E-state index >= 15 is 0 Å². The van der Waals surface area contributed by atoms with Gasteiger partial charge in [-0.3, -0.25) is 4.79 Å². The Balaban J connectivity index is 1.68. The molecule has 0 spiro atoms. The second-order valence-electron chi connectivity index (χ2n) is 5.40. The number of aryl methyl sites for hydroxylation is 1. The van der Waals surface area contributed by atoms with Gasteiger partial charge in [-0.05, 0) is 24.6 Å². The summed E-state index contributed by atoms with van der Waals surface area (Å²) in [5.41, 5.74) is 3.48. The molecule has 0 saturated heterocycles. The topological polar surface area (TPSA) is 38.3 Å². The summed E-state index contributed by atoms with van der Waals surface area (Å²) in [5, 5.41) is 2.90. The Morgan fingerprint density at radius 3 is 2.67 bits per heavy atom. The van der Waals surface area contributed by atoms with Gasteiger partial charge in [0.2, 0.25) is 5.91 Å². The van der Waals surface area contributed by atoms with Crippen LogP contribution in [-0.4, -0.2) is 25.3 Å². The zero-order valence-corrected chi connectivity index (χ0v) is 14.9. The van der Waals surface area contributed by atoms with Gasteiger partial charge in [-0.15, -0.1) is 0 Å². The van der Waals surface area contributed by atoms with Crippen LogP contribution in [0, 0.1) is 6.92 Å². The molecule has 24 heavy (non-hydrogen) atoms. The molecule has 0 unspecified atom stereocenters. The SMILES string of the molecule is COc1ccccc1C=CC(=O)NCCSCc1ccc(C)cc1. The Labute approximate surface area is 148 Å². The largest absolute Gasteiger partial charge is 0.496 e. The molecule has 0 atom stereocenters. The minimum atomic E-state index is -0.0863. The number of thioether (sulfide) groups is 1. The van der Waals surface area contributed by atoms with E-state index < -0.39 is 0 Å². The molecule has 1 amide bonds. The van der Waals surface area contributed by atoms with Crippen LogP contribution in [0.25, 0.3) is 6.08 Å². The maximum absolute atomic E-state index is 11.8. The van der Waals surface area contributed by atoms with Crippen LogP contribution in [0.3, 0.4) is 0 Å². The van der Waals surface area contributed by atoms with Gasteiger partial charge in [-0.2, -0.15) is 11.8 Å². The zero-order chi connectivity index (χ0) is 17.2. The summed E-state index contributed by atoms with van der Waals surface area (Å²) in [4.78, 5) is 11.8. The molecular weight excluding hydrogens is 318 g/mol. The first-order valence-electron chi connectivity index (χ1n) is 7.91. The quantitative estimate of drug-likeness (QED) is 0.581. The van der Waals surface area contributed by atoms with E-state index in [9.17, 15) is 4.79 Å². The molecule has 0 saturated carbocycles. The second kappa shape index (κ2) is 9.83. The van der Waals surface area contributed by atoms with Gasteiger partial charge in [0.25, 0.3) is 0 Å². The standard InChI is InChI=1S/C20H23NO2S/c1-16-7-9-17(10-8-16)15-24-14-13-21-20(22)12-11-18-5-3-4-6-19(18)23-2/h3-12H,13-15H2,1-2H3,(H,21,22). The van der Waals surface area contributed by atoms with Crippen LogP contribution >= 0.6 is 11.8 Å². The molecule has 0 fully saturated rings. The van der Waals surface area contributed by atoms with Crippen molar-refractivity contribution in [1.29, 1.82) is 0 Å². The van der Waals surface area contributed by atoms with Gasteiger partial charge in [-0.25, -0.2) is 0 Å². The van der Waals surface area contributed by atoms with E-state index in [1.165, 1.54) is 11.1 Å². The number of methoxy groups -OCH3 is 1. The molecule has 0 bridgehead atoms. The fourth-order valence-corrected chi connectivity index (χ4v) is 2.97. The highest BCUT2D eigenvalue weighted by molar-refractivity contribution is 7.98. The molecule has 3 nitrogen and oxygen atoms in total. The molecule has 2 aromatic carbocycles. The smallest absolute Gasteiger partial charge is 0.244 e. The third kappa shape index (κ3) is 6.13. The van der Waals surface area contributed by atoms with Crippen LogP contribution in [0.15, 0.2) is 54.6 Å². The zero-order valence-electron chi connectivity index (χ0n) is 14.1. The predicted octanol–water partition coefficient (Wildman–Crippen LogP) is 4.07. The highest BCUT2D eigenvalue weighted by atomic mass is 32.2. The number of hydrogen-bond donors (Lipinski definition) is 1. The molecule has 0 aliphatic heterocycles. The van der Waals surface area contributed by atoms with Crippen molar-refractivity contribution in [3.8, 4) is 5.75 Å². The second-order valence-corrected chi connectivity index (χ2v) is 6.51. The molecule has 0 aromatic heterocycles. The maximum Gasteiger partial charge on any atom is 0.244 e. The highest BCUT2D eigenvalue weighted by Gasteiger charge is 1.99. The lowest BCUT2D eigenvalue weighted by molar-refractivity contribution is -0.116. The van der Waals surface area contributed by atoms with Crippen molar-refractivity contribution in [1.82, 2.24) is 5.32 Å². The Kier molecular flexibility index (Phi) is 7.43. The highest BCUT2D eigenvalue weighted by Crippen LogP contribution is 2.18. The van der Waals surface area contributed by atoms with Crippen molar-refractivity contribution in [2.45, 2.75) is 12.7 Å². The van der Waals surface area contributed by atoms with E-state index in [4.69, 9.17) is 4.74 Å². The Bertz CT molecular complexity index is 680. The molecule has 0 heterocycles. The van der Waals surface area contributed by atoms with Crippen LogP contribution in [0.4, 0.5) is 0 Å². The molecule has 1 N–H and O–H groups in total. The van der Waals surface area contributed by atoms with Crippen molar-refractivity contribution >= 4 is 23.7 Å². The summed E-state index contributed by atoms with van der Waals surface area (Å²) in [6, 6.07) is 16.2. The van der Waals surface area contributed by atoms with Gasteiger partial charge in [0.15, 0.2) is 0 Å². The molecule has 0 aliphatic carbocycles. The maximum atomic E-state index is 11.8. The summed E-state index contributed by atoms with van der Waals surface area (Å²) in [5.74, 6) is 2.53. The van der Waals surface area contributed by atoms with Gasteiger partial charge in [0.05, 0.1) is 7.11 Å². The first-order chi connectivity index (χ1) is 11.7. The van der Waals surface area contributed by atoms with E-state index in [0.717, 1.165) is 22.8 Å². The van der Waals surface area contributed by atoms with Crippen LogP contribution in [0.2, 0.25) is 0 Å². The van der Waals surface area contributed by atoms with E-state index in [1.54, 1.807) is 19.3 Å². The van der Waals surface area contributed by atoms with E-state index in [2.05, 4.69) is 36.5 Å². The fraction of sp³-hybridized carbons (Fsp3) is 0.250. The van der Waals surface area contributed by atoms with Crippen LogP contribution < -0.4 is 10.1 Å². The van der Waals surface area contributed by atoms with Crippen molar-refractivity contribution in [2.24, 2.45) is 0 Å². The Morgan fingerprint density at radius 1 is 1.17 bits per heavy atom. The van der Waals surface area contributed by atoms with Gasteiger partial charge in [0, 0.05) is 29.7 Å². The van der Waals surface area contributed by atoms with Crippen LogP contribution in [-0.2, 0) is 10.5 Å². The van der Waals surface area contributed by atoms with Crippen molar-refractivity contribution < 1.29 is 9.53 Å². The van der Waals surface area contributed by atoms with E-state index in [0.29, 0.717) is 6.54 Å². The number of amides is 1. The van der Waals surface area contributed by atoms with Crippen LogP contribution in [0.1, 0.15) is 16.7 Å². The number of nitrogens with one attached hydrogen (secondary N) is 1. The monoisotopic (exact) mass is 341 g/mol. The Hall–Kier alpha value is -2.20. The average Bonchev–Trinajstić information content (AvgIpc) is 2.61. The number of benzene rings is 2. The van der Waals surface area contributed by atoms with Gasteiger partial charge >= 0.3 is 0 Å². The van der Waals surface area contributed by atoms with Crippen molar-refractivity contribution in [3.63, 3.8) is 0 Å². The number of hydrogen-bond acceptors (Lipinski definition) is 3. The van der Waals surface area contributed by atoms with E-state index in [1.807, 2.05) is 36.0 Å². The normalized spacial score (nSPS) is 10.8. The summed E-state index contributed by atoms with van der Waals surface area (Å²) in [6.07, 6.45) is 3.32. The van der Waals surface area contributed by atoms with Crippen molar-refractivity contribution in [3.05, 3.63) is 71.3 Å². The molecule has 4 heteroatoms. The summed E-state index contributed by atoms with van der Waals surface area (Å²) >= 11 is 1.82. The molecule has 2 aromatic rings. The Morgan fingerprint density at radius 2 is 1.92 bits per heavy atom. The first kappa shape index (κ1) is 18.1. The number of rotatable bonds is 8. The third-order valence-corrected chi connectivity index (χ3v) is 4.52. The number of carbonyl (C=O) groups is 1. The minimum absolute atomic E-state index is 0.0863. The molecule has 126 valence electrons. The summed E-state index contributed by atoms with van der Waals surface area (Å²) in [6.45, 7) is 2.75. The lowest BCUT2D eigenvalue weighted by atomic mass is 10.2. The summed E-state index contributed by atoms with van der Waals surface area (Å²) < 4.78 is 5.25.